The number of nitrogens with zero attached hydrogens (tertiary/aromatic N) is 1. The SMILES string of the molecule is COc1cc([C@@H]2Nc3ccccc3C(=O)N2C[C@H]2CCCO2)cc(OC)c1O. The highest BCUT2D eigenvalue weighted by molar-refractivity contribution is 6.01. The van der Waals surface area contributed by atoms with E-state index in [1.807, 2.05) is 24.3 Å². The molecule has 0 unspecified atom stereocenters. The molecule has 0 aliphatic carbocycles. The summed E-state index contributed by atoms with van der Waals surface area (Å²) in [6.07, 6.45) is 1.51. The summed E-state index contributed by atoms with van der Waals surface area (Å²) in [5, 5.41) is 13.7. The predicted octanol–water partition coefficient (Wildman–Crippen LogP) is 3.15. The first kappa shape index (κ1) is 18.4. The van der Waals surface area contributed by atoms with Crippen LogP contribution in [0.3, 0.4) is 0 Å². The summed E-state index contributed by atoms with van der Waals surface area (Å²) in [5.74, 6) is 0.460. The van der Waals surface area contributed by atoms with Crippen LogP contribution in [0.4, 0.5) is 5.69 Å². The van der Waals surface area contributed by atoms with Crippen molar-refractivity contribution in [1.82, 2.24) is 4.90 Å². The van der Waals surface area contributed by atoms with Gasteiger partial charge in [0.2, 0.25) is 5.75 Å². The van der Waals surface area contributed by atoms with E-state index < -0.39 is 6.17 Å². The Morgan fingerprint density at radius 2 is 1.93 bits per heavy atom. The molecule has 148 valence electrons. The summed E-state index contributed by atoms with van der Waals surface area (Å²) in [6.45, 7) is 1.21. The lowest BCUT2D eigenvalue weighted by atomic mass is 10.0. The number of hydrogen-bond acceptors (Lipinski definition) is 6. The first-order valence-corrected chi connectivity index (χ1v) is 9.35. The van der Waals surface area contributed by atoms with Gasteiger partial charge in [0.15, 0.2) is 11.5 Å². The van der Waals surface area contributed by atoms with E-state index in [0.717, 1.165) is 30.7 Å². The van der Waals surface area contributed by atoms with Crippen LogP contribution in [0.2, 0.25) is 0 Å². The van der Waals surface area contributed by atoms with Crippen molar-refractivity contribution < 1.29 is 24.1 Å². The number of anilines is 1. The Labute approximate surface area is 163 Å². The van der Waals surface area contributed by atoms with E-state index in [9.17, 15) is 9.90 Å². The van der Waals surface area contributed by atoms with Crippen molar-refractivity contribution in [2.75, 3.05) is 32.7 Å². The van der Waals surface area contributed by atoms with Crippen LogP contribution < -0.4 is 14.8 Å². The molecule has 1 saturated heterocycles. The number of aromatic hydroxyl groups is 1. The van der Waals surface area contributed by atoms with Crippen molar-refractivity contribution in [3.8, 4) is 17.2 Å². The van der Waals surface area contributed by atoms with Crippen molar-refractivity contribution in [2.24, 2.45) is 0 Å². The van der Waals surface area contributed by atoms with Gasteiger partial charge in [-0.3, -0.25) is 4.79 Å². The second-order valence-corrected chi connectivity index (χ2v) is 6.96. The Kier molecular flexibility index (Phi) is 5.00. The monoisotopic (exact) mass is 384 g/mol. The molecule has 0 bridgehead atoms. The molecule has 2 aliphatic rings. The Bertz CT molecular complexity index is 854. The molecule has 2 aromatic rings. The van der Waals surface area contributed by atoms with Gasteiger partial charge >= 0.3 is 0 Å². The molecule has 2 atom stereocenters. The highest BCUT2D eigenvalue weighted by Gasteiger charge is 2.36. The topological polar surface area (TPSA) is 80.3 Å². The molecular formula is C21H24N2O5. The number of phenols is 1. The van der Waals surface area contributed by atoms with Crippen LogP contribution in [-0.4, -0.2) is 49.4 Å². The molecule has 0 spiro atoms. The van der Waals surface area contributed by atoms with Gasteiger partial charge in [-0.2, -0.15) is 0 Å². The summed E-state index contributed by atoms with van der Waals surface area (Å²) in [6, 6.07) is 10.9. The van der Waals surface area contributed by atoms with Crippen LogP contribution in [0.15, 0.2) is 36.4 Å². The summed E-state index contributed by atoms with van der Waals surface area (Å²) >= 11 is 0. The zero-order valence-electron chi connectivity index (χ0n) is 16.0. The smallest absolute Gasteiger partial charge is 0.257 e. The fourth-order valence-corrected chi connectivity index (χ4v) is 3.82. The maximum Gasteiger partial charge on any atom is 0.257 e. The van der Waals surface area contributed by atoms with Crippen molar-refractivity contribution in [3.05, 3.63) is 47.5 Å². The van der Waals surface area contributed by atoms with E-state index in [2.05, 4.69) is 5.32 Å². The van der Waals surface area contributed by atoms with E-state index in [0.29, 0.717) is 23.6 Å². The van der Waals surface area contributed by atoms with Crippen LogP contribution in [0.1, 0.15) is 34.9 Å². The Hall–Kier alpha value is -2.93. The van der Waals surface area contributed by atoms with Gasteiger partial charge in [-0.1, -0.05) is 12.1 Å². The number of carbonyl (C=O) groups is 1. The number of hydrogen-bond donors (Lipinski definition) is 2. The number of ether oxygens (including phenoxy) is 3. The van der Waals surface area contributed by atoms with Crippen LogP contribution in [0, 0.1) is 0 Å². The molecule has 2 heterocycles. The predicted molar refractivity (Wildman–Crippen MR) is 104 cm³/mol. The molecule has 1 fully saturated rings. The Morgan fingerprint density at radius 3 is 2.57 bits per heavy atom. The van der Waals surface area contributed by atoms with E-state index in [4.69, 9.17) is 14.2 Å². The highest BCUT2D eigenvalue weighted by atomic mass is 16.5. The summed E-state index contributed by atoms with van der Waals surface area (Å²) in [4.78, 5) is 15.1. The first-order chi connectivity index (χ1) is 13.6. The standard InChI is InChI=1S/C21H24N2O5/c1-26-17-10-13(11-18(27-2)19(17)24)20-22-16-8-4-3-7-15(16)21(25)23(20)12-14-6-5-9-28-14/h3-4,7-8,10-11,14,20,22,24H,5-6,9,12H2,1-2H3/t14-,20-/m1/s1. The van der Waals surface area contributed by atoms with Gasteiger partial charge in [-0.05, 0) is 37.1 Å². The number of amides is 1. The van der Waals surface area contributed by atoms with Crippen LogP contribution in [-0.2, 0) is 4.74 Å². The fraction of sp³-hybridized carbons (Fsp3) is 0.381. The van der Waals surface area contributed by atoms with Gasteiger partial charge in [-0.25, -0.2) is 0 Å². The van der Waals surface area contributed by atoms with Gasteiger partial charge in [-0.15, -0.1) is 0 Å². The molecule has 1 amide bonds. The normalized spacial score (nSPS) is 21.2. The van der Waals surface area contributed by atoms with Gasteiger partial charge in [0.05, 0.1) is 25.9 Å². The third-order valence-corrected chi connectivity index (χ3v) is 5.26. The van der Waals surface area contributed by atoms with E-state index in [1.165, 1.54) is 14.2 Å². The highest BCUT2D eigenvalue weighted by Crippen LogP contribution is 2.42. The Balaban J connectivity index is 1.77. The number of para-hydroxylation sites is 1. The molecule has 28 heavy (non-hydrogen) atoms. The molecule has 2 aliphatic heterocycles. The minimum absolute atomic E-state index is 0.0134. The van der Waals surface area contributed by atoms with Crippen molar-refractivity contribution in [2.45, 2.75) is 25.1 Å². The van der Waals surface area contributed by atoms with Gasteiger partial charge in [0, 0.05) is 24.4 Å². The summed E-state index contributed by atoms with van der Waals surface area (Å²) in [7, 11) is 2.97. The fourth-order valence-electron chi connectivity index (χ4n) is 3.82. The average molecular weight is 384 g/mol. The molecule has 2 N–H and O–H groups in total. The number of carbonyl (C=O) groups excluding carboxylic acids is 1. The summed E-state index contributed by atoms with van der Waals surface area (Å²) < 4.78 is 16.4. The second-order valence-electron chi connectivity index (χ2n) is 6.96. The third-order valence-electron chi connectivity index (χ3n) is 5.26. The maximum atomic E-state index is 13.3. The molecule has 0 radical (unpaired) electrons. The lowest BCUT2D eigenvalue weighted by Crippen LogP contribution is -2.46. The Morgan fingerprint density at radius 1 is 1.21 bits per heavy atom. The van der Waals surface area contributed by atoms with Gasteiger partial charge < -0.3 is 29.5 Å². The lowest BCUT2D eigenvalue weighted by Gasteiger charge is -2.39. The van der Waals surface area contributed by atoms with Gasteiger partial charge in [0.25, 0.3) is 5.91 Å². The molecular weight excluding hydrogens is 360 g/mol. The molecule has 4 rings (SSSR count). The molecule has 0 aromatic heterocycles. The number of nitrogens with one attached hydrogen (secondary N) is 1. The van der Waals surface area contributed by atoms with Crippen molar-refractivity contribution in [1.29, 1.82) is 0 Å². The second kappa shape index (κ2) is 7.59. The largest absolute Gasteiger partial charge is 0.502 e. The number of phenolic OH excluding ortho intramolecular Hbond substituents is 1. The van der Waals surface area contributed by atoms with Crippen LogP contribution in [0.5, 0.6) is 17.2 Å². The van der Waals surface area contributed by atoms with Crippen LogP contribution >= 0.6 is 0 Å². The number of methoxy groups -OCH3 is 2. The minimum atomic E-state index is -0.435. The number of benzene rings is 2. The lowest BCUT2D eigenvalue weighted by molar-refractivity contribution is 0.0426. The van der Waals surface area contributed by atoms with Gasteiger partial charge in [0.1, 0.15) is 6.17 Å². The number of fused-ring (bicyclic) bond motifs is 1. The molecule has 2 aromatic carbocycles. The average Bonchev–Trinajstić information content (AvgIpc) is 3.23. The van der Waals surface area contributed by atoms with Crippen molar-refractivity contribution in [3.63, 3.8) is 0 Å². The third kappa shape index (κ3) is 3.22. The summed E-state index contributed by atoms with van der Waals surface area (Å²) in [5.41, 5.74) is 2.16. The zero-order chi connectivity index (χ0) is 19.7. The zero-order valence-corrected chi connectivity index (χ0v) is 16.0. The van der Waals surface area contributed by atoms with Crippen molar-refractivity contribution >= 4 is 11.6 Å². The minimum Gasteiger partial charge on any atom is -0.502 e. The number of rotatable bonds is 5. The van der Waals surface area contributed by atoms with E-state index >= 15 is 0 Å². The van der Waals surface area contributed by atoms with E-state index in [1.54, 1.807) is 17.0 Å². The van der Waals surface area contributed by atoms with Crippen LogP contribution in [0.25, 0.3) is 0 Å². The molecule has 0 saturated carbocycles. The quantitative estimate of drug-likeness (QED) is 0.824. The van der Waals surface area contributed by atoms with E-state index in [-0.39, 0.29) is 17.8 Å². The maximum absolute atomic E-state index is 13.3. The molecule has 7 nitrogen and oxygen atoms in total. The first-order valence-electron chi connectivity index (χ1n) is 9.35. The molecule has 7 heteroatoms.